The van der Waals surface area contributed by atoms with Crippen LogP contribution in [0.5, 0.6) is 5.75 Å². The Morgan fingerprint density at radius 1 is 1.15 bits per heavy atom. The number of hydrogen-bond donors (Lipinski definition) is 1. The first-order valence-electron chi connectivity index (χ1n) is 6.42. The predicted octanol–water partition coefficient (Wildman–Crippen LogP) is 3.49. The fourth-order valence-corrected chi connectivity index (χ4v) is 1.81. The Kier molecular flexibility index (Phi) is 5.83. The van der Waals surface area contributed by atoms with Crippen LogP contribution in [0.4, 0.5) is 13.2 Å². The maximum absolute atomic E-state index is 12.3. The van der Waals surface area contributed by atoms with Gasteiger partial charge in [-0.2, -0.15) is 0 Å². The Balaban J connectivity index is 2.60. The van der Waals surface area contributed by atoms with Gasteiger partial charge in [0.05, 0.1) is 5.60 Å². The number of nitrogens with one attached hydrogen (secondary N) is 1. The van der Waals surface area contributed by atoms with E-state index in [1.54, 1.807) is 12.1 Å². The van der Waals surface area contributed by atoms with Gasteiger partial charge in [0.25, 0.3) is 0 Å². The van der Waals surface area contributed by atoms with Gasteiger partial charge in [0.1, 0.15) is 5.75 Å². The van der Waals surface area contributed by atoms with Crippen molar-refractivity contribution in [2.24, 2.45) is 0 Å². The number of ether oxygens (including phenoxy) is 2. The van der Waals surface area contributed by atoms with Gasteiger partial charge in [0.15, 0.2) is 0 Å². The van der Waals surface area contributed by atoms with E-state index >= 15 is 0 Å². The van der Waals surface area contributed by atoms with Crippen LogP contribution < -0.4 is 10.1 Å². The predicted molar refractivity (Wildman–Crippen MR) is 70.5 cm³/mol. The Morgan fingerprint density at radius 2 is 1.80 bits per heavy atom. The van der Waals surface area contributed by atoms with E-state index in [0.29, 0.717) is 18.7 Å². The summed E-state index contributed by atoms with van der Waals surface area (Å²) in [7, 11) is 0. The monoisotopic (exact) mass is 291 g/mol. The second-order valence-electron chi connectivity index (χ2n) is 4.95. The van der Waals surface area contributed by atoms with E-state index in [4.69, 9.17) is 4.74 Å². The van der Waals surface area contributed by atoms with Gasteiger partial charge in [-0.1, -0.05) is 18.2 Å². The van der Waals surface area contributed by atoms with E-state index in [1.165, 1.54) is 12.1 Å². The molecular formula is C14H20F3NO2. The molecule has 0 aliphatic rings. The minimum atomic E-state index is -4.68. The third kappa shape index (κ3) is 6.25. The molecule has 0 spiro atoms. The van der Waals surface area contributed by atoms with Crippen LogP contribution in [0.2, 0.25) is 0 Å². The SMILES string of the molecule is CCOC(C)(C)CNCc1ccccc1OC(F)(F)F. The summed E-state index contributed by atoms with van der Waals surface area (Å²) in [6.45, 7) is 7.13. The lowest BCUT2D eigenvalue weighted by Crippen LogP contribution is -2.37. The molecule has 0 atom stereocenters. The van der Waals surface area contributed by atoms with Crippen LogP contribution >= 0.6 is 0 Å². The fraction of sp³-hybridized carbons (Fsp3) is 0.571. The molecule has 0 aliphatic carbocycles. The summed E-state index contributed by atoms with van der Waals surface area (Å²) < 4.78 is 46.3. The fourth-order valence-electron chi connectivity index (χ4n) is 1.81. The highest BCUT2D eigenvalue weighted by Gasteiger charge is 2.31. The summed E-state index contributed by atoms with van der Waals surface area (Å²) in [4.78, 5) is 0. The van der Waals surface area contributed by atoms with Crippen molar-refractivity contribution >= 4 is 0 Å². The number of benzene rings is 1. The van der Waals surface area contributed by atoms with E-state index in [9.17, 15) is 13.2 Å². The smallest absolute Gasteiger partial charge is 0.405 e. The van der Waals surface area contributed by atoms with E-state index in [1.807, 2.05) is 20.8 Å². The first-order chi connectivity index (χ1) is 9.23. The molecule has 0 saturated carbocycles. The third-order valence-electron chi connectivity index (χ3n) is 2.60. The van der Waals surface area contributed by atoms with Crippen molar-refractivity contribution < 1.29 is 22.6 Å². The highest BCUT2D eigenvalue weighted by molar-refractivity contribution is 5.33. The molecule has 0 bridgehead atoms. The van der Waals surface area contributed by atoms with Crippen molar-refractivity contribution in [3.05, 3.63) is 29.8 Å². The quantitative estimate of drug-likeness (QED) is 0.834. The van der Waals surface area contributed by atoms with Crippen LogP contribution in [-0.2, 0) is 11.3 Å². The molecule has 114 valence electrons. The van der Waals surface area contributed by atoms with Gasteiger partial charge in [-0.15, -0.1) is 13.2 Å². The summed E-state index contributed by atoms with van der Waals surface area (Å²) in [6.07, 6.45) is -4.68. The molecule has 0 saturated heterocycles. The van der Waals surface area contributed by atoms with Crippen molar-refractivity contribution in [3.8, 4) is 5.75 Å². The number of halogens is 3. The van der Waals surface area contributed by atoms with Crippen molar-refractivity contribution in [3.63, 3.8) is 0 Å². The van der Waals surface area contributed by atoms with Gasteiger partial charge in [-0.05, 0) is 26.8 Å². The highest BCUT2D eigenvalue weighted by atomic mass is 19.4. The van der Waals surface area contributed by atoms with Gasteiger partial charge in [-0.3, -0.25) is 0 Å². The largest absolute Gasteiger partial charge is 0.573 e. The topological polar surface area (TPSA) is 30.5 Å². The van der Waals surface area contributed by atoms with Crippen molar-refractivity contribution in [2.75, 3.05) is 13.2 Å². The molecule has 1 rings (SSSR count). The van der Waals surface area contributed by atoms with Crippen LogP contribution in [-0.4, -0.2) is 25.1 Å². The first kappa shape index (κ1) is 16.8. The molecule has 0 aromatic heterocycles. The first-order valence-corrected chi connectivity index (χ1v) is 6.42. The van der Waals surface area contributed by atoms with Crippen molar-refractivity contribution in [2.45, 2.75) is 39.3 Å². The van der Waals surface area contributed by atoms with Gasteiger partial charge < -0.3 is 14.8 Å². The molecule has 1 N–H and O–H groups in total. The molecule has 1 aromatic rings. The van der Waals surface area contributed by atoms with Gasteiger partial charge in [0.2, 0.25) is 0 Å². The molecule has 6 heteroatoms. The number of rotatable bonds is 7. The molecule has 0 radical (unpaired) electrons. The minimum absolute atomic E-state index is 0.179. The molecule has 20 heavy (non-hydrogen) atoms. The standard InChI is InChI=1S/C14H20F3NO2/c1-4-19-13(2,3)10-18-9-11-7-5-6-8-12(11)20-14(15,16)17/h5-8,18H,4,9-10H2,1-3H3. The lowest BCUT2D eigenvalue weighted by Gasteiger charge is -2.25. The number of para-hydroxylation sites is 1. The Bertz CT molecular complexity index is 419. The molecule has 3 nitrogen and oxygen atoms in total. The Hall–Kier alpha value is -1.27. The average Bonchev–Trinajstić information content (AvgIpc) is 2.29. The Morgan fingerprint density at radius 3 is 2.40 bits per heavy atom. The molecule has 0 amide bonds. The third-order valence-corrected chi connectivity index (χ3v) is 2.60. The van der Waals surface area contributed by atoms with Gasteiger partial charge in [0, 0.05) is 25.3 Å². The number of alkyl halides is 3. The lowest BCUT2D eigenvalue weighted by atomic mass is 10.1. The van der Waals surface area contributed by atoms with Crippen LogP contribution in [0, 0.1) is 0 Å². The second kappa shape index (κ2) is 6.95. The van der Waals surface area contributed by atoms with Gasteiger partial charge >= 0.3 is 6.36 Å². The van der Waals surface area contributed by atoms with Crippen molar-refractivity contribution in [1.82, 2.24) is 5.32 Å². The van der Waals surface area contributed by atoms with Crippen molar-refractivity contribution in [1.29, 1.82) is 0 Å². The van der Waals surface area contributed by atoms with Crippen LogP contribution in [0.3, 0.4) is 0 Å². The minimum Gasteiger partial charge on any atom is -0.405 e. The molecular weight excluding hydrogens is 271 g/mol. The summed E-state index contributed by atoms with van der Waals surface area (Å²) in [5, 5.41) is 3.08. The summed E-state index contributed by atoms with van der Waals surface area (Å²) in [6, 6.07) is 6.09. The molecule has 1 aromatic carbocycles. The second-order valence-corrected chi connectivity index (χ2v) is 4.95. The van der Waals surface area contributed by atoms with Gasteiger partial charge in [-0.25, -0.2) is 0 Å². The summed E-state index contributed by atoms with van der Waals surface area (Å²) in [5.74, 6) is -0.179. The lowest BCUT2D eigenvalue weighted by molar-refractivity contribution is -0.274. The zero-order valence-electron chi connectivity index (χ0n) is 11.9. The Labute approximate surface area is 117 Å². The summed E-state index contributed by atoms with van der Waals surface area (Å²) >= 11 is 0. The average molecular weight is 291 g/mol. The van der Waals surface area contributed by atoms with Crippen LogP contribution in [0.25, 0.3) is 0 Å². The zero-order chi connectivity index (χ0) is 15.2. The molecule has 0 fully saturated rings. The van der Waals surface area contributed by atoms with Crippen LogP contribution in [0.15, 0.2) is 24.3 Å². The number of hydrogen-bond acceptors (Lipinski definition) is 3. The van der Waals surface area contributed by atoms with E-state index < -0.39 is 6.36 Å². The molecule has 0 heterocycles. The molecule has 0 unspecified atom stereocenters. The highest BCUT2D eigenvalue weighted by Crippen LogP contribution is 2.26. The molecule has 0 aliphatic heterocycles. The van der Waals surface area contributed by atoms with E-state index in [0.717, 1.165) is 0 Å². The maximum atomic E-state index is 12.3. The zero-order valence-corrected chi connectivity index (χ0v) is 11.9. The maximum Gasteiger partial charge on any atom is 0.573 e. The normalized spacial score (nSPS) is 12.5. The van der Waals surface area contributed by atoms with E-state index in [-0.39, 0.29) is 17.9 Å². The van der Waals surface area contributed by atoms with E-state index in [2.05, 4.69) is 10.1 Å². The van der Waals surface area contributed by atoms with Crippen LogP contribution in [0.1, 0.15) is 26.3 Å². The summed E-state index contributed by atoms with van der Waals surface area (Å²) in [5.41, 5.74) is 0.0892.